The molecule has 0 atom stereocenters. The average molecular weight is 332 g/mol. The molecular formula is C11H8BrClN2O3. The minimum Gasteiger partial charge on any atom is -0.448 e. The molecule has 5 nitrogen and oxygen atoms in total. The first-order valence-corrected chi connectivity index (χ1v) is 6.15. The predicted molar refractivity (Wildman–Crippen MR) is 71.8 cm³/mol. The molecule has 7 heteroatoms. The van der Waals surface area contributed by atoms with Gasteiger partial charge in [0.15, 0.2) is 5.22 Å². The van der Waals surface area contributed by atoms with Crippen molar-refractivity contribution in [2.24, 2.45) is 0 Å². The highest BCUT2D eigenvalue weighted by molar-refractivity contribution is 9.10. The normalized spacial score (nSPS) is 10.3. The molecule has 0 fully saturated rings. The maximum Gasteiger partial charge on any atom is 0.285 e. The molecule has 0 aliphatic heterocycles. The molecule has 1 aromatic heterocycles. The first-order valence-electron chi connectivity index (χ1n) is 4.98. The molecule has 1 aromatic carbocycles. The summed E-state index contributed by atoms with van der Waals surface area (Å²) in [5.41, 5.74) is 0.648. The largest absolute Gasteiger partial charge is 0.448 e. The van der Waals surface area contributed by atoms with Gasteiger partial charge in [0.1, 0.15) is 5.76 Å². The van der Waals surface area contributed by atoms with E-state index in [2.05, 4.69) is 21.2 Å². The molecule has 0 bridgehead atoms. The van der Waals surface area contributed by atoms with Crippen molar-refractivity contribution in [3.8, 4) is 0 Å². The van der Waals surface area contributed by atoms with Crippen LogP contribution in [0.4, 0.5) is 11.4 Å². The highest BCUT2D eigenvalue weighted by atomic mass is 79.9. The second-order valence-electron chi connectivity index (χ2n) is 3.48. The van der Waals surface area contributed by atoms with Crippen LogP contribution in [0, 0.1) is 10.1 Å². The number of nitro groups is 1. The lowest BCUT2D eigenvalue weighted by molar-refractivity contribution is -0.385. The summed E-state index contributed by atoms with van der Waals surface area (Å²) >= 11 is 8.76. The Morgan fingerprint density at radius 3 is 2.78 bits per heavy atom. The molecule has 0 aliphatic carbocycles. The zero-order valence-electron chi connectivity index (χ0n) is 9.02. The molecule has 2 rings (SSSR count). The van der Waals surface area contributed by atoms with Crippen LogP contribution in [0.5, 0.6) is 0 Å². The van der Waals surface area contributed by atoms with Gasteiger partial charge >= 0.3 is 0 Å². The van der Waals surface area contributed by atoms with Gasteiger partial charge in [-0.1, -0.05) is 0 Å². The SMILES string of the molecule is O=[N+]([O-])c1cc(NCc2ccc(Cl)o2)ccc1Br. The summed E-state index contributed by atoms with van der Waals surface area (Å²) in [4.78, 5) is 10.3. The molecule has 0 unspecified atom stereocenters. The molecule has 0 spiro atoms. The van der Waals surface area contributed by atoms with E-state index in [4.69, 9.17) is 16.0 Å². The summed E-state index contributed by atoms with van der Waals surface area (Å²) in [6, 6.07) is 8.19. The van der Waals surface area contributed by atoms with E-state index in [1.165, 1.54) is 6.07 Å². The Morgan fingerprint density at radius 2 is 2.17 bits per heavy atom. The van der Waals surface area contributed by atoms with E-state index >= 15 is 0 Å². The number of nitrogens with one attached hydrogen (secondary N) is 1. The van der Waals surface area contributed by atoms with Crippen LogP contribution in [0.25, 0.3) is 0 Å². The highest BCUT2D eigenvalue weighted by Gasteiger charge is 2.12. The lowest BCUT2D eigenvalue weighted by Gasteiger charge is -2.04. The Bertz CT molecular complexity index is 585. The number of nitro benzene ring substituents is 1. The summed E-state index contributed by atoms with van der Waals surface area (Å²) in [6.45, 7) is 0.408. The van der Waals surface area contributed by atoms with Crippen LogP contribution in [-0.2, 0) is 6.54 Å². The van der Waals surface area contributed by atoms with Gasteiger partial charge in [0, 0.05) is 11.8 Å². The van der Waals surface area contributed by atoms with Gasteiger partial charge in [0.2, 0.25) is 0 Å². The van der Waals surface area contributed by atoms with E-state index in [9.17, 15) is 10.1 Å². The van der Waals surface area contributed by atoms with E-state index in [1.807, 2.05) is 0 Å². The smallest absolute Gasteiger partial charge is 0.285 e. The van der Waals surface area contributed by atoms with Crippen molar-refractivity contribution in [1.29, 1.82) is 0 Å². The second-order valence-corrected chi connectivity index (χ2v) is 4.71. The summed E-state index contributed by atoms with van der Waals surface area (Å²) in [7, 11) is 0. The Labute approximate surface area is 116 Å². The van der Waals surface area contributed by atoms with Gasteiger partial charge in [-0.25, -0.2) is 0 Å². The maximum atomic E-state index is 10.8. The minimum atomic E-state index is -0.445. The van der Waals surface area contributed by atoms with Crippen molar-refractivity contribution >= 4 is 38.9 Å². The predicted octanol–water partition coefficient (Wildman–Crippen LogP) is 4.22. The van der Waals surface area contributed by atoms with E-state index in [0.29, 0.717) is 27.7 Å². The quantitative estimate of drug-likeness (QED) is 0.673. The Morgan fingerprint density at radius 1 is 1.39 bits per heavy atom. The fourth-order valence-corrected chi connectivity index (χ4v) is 1.95. The van der Waals surface area contributed by atoms with Gasteiger partial charge in [-0.3, -0.25) is 10.1 Å². The van der Waals surface area contributed by atoms with Crippen molar-refractivity contribution in [2.45, 2.75) is 6.54 Å². The van der Waals surface area contributed by atoms with E-state index < -0.39 is 4.92 Å². The lowest BCUT2D eigenvalue weighted by Crippen LogP contribution is -1.99. The van der Waals surface area contributed by atoms with Crippen LogP contribution in [0.1, 0.15) is 5.76 Å². The van der Waals surface area contributed by atoms with Gasteiger partial charge in [-0.2, -0.15) is 0 Å². The van der Waals surface area contributed by atoms with E-state index in [1.54, 1.807) is 24.3 Å². The zero-order chi connectivity index (χ0) is 13.1. The van der Waals surface area contributed by atoms with Crippen LogP contribution in [0.15, 0.2) is 39.2 Å². The van der Waals surface area contributed by atoms with Crippen LogP contribution in [0.2, 0.25) is 5.22 Å². The number of hydrogen-bond acceptors (Lipinski definition) is 4. The fourth-order valence-electron chi connectivity index (χ4n) is 1.40. The van der Waals surface area contributed by atoms with E-state index in [0.717, 1.165) is 0 Å². The number of halogens is 2. The minimum absolute atomic E-state index is 0.0116. The standard InChI is InChI=1S/C11H8BrClN2O3/c12-9-3-1-7(5-10(9)15(16)17)14-6-8-2-4-11(13)18-8/h1-5,14H,6H2. The molecule has 1 N–H and O–H groups in total. The van der Waals surface area contributed by atoms with Crippen molar-refractivity contribution < 1.29 is 9.34 Å². The molecule has 94 valence electrons. The Hall–Kier alpha value is -1.53. The third-order valence-corrected chi connectivity index (χ3v) is 3.11. The number of nitrogens with zero attached hydrogens (tertiary/aromatic N) is 1. The van der Waals surface area contributed by atoms with Gasteiger partial charge in [0.25, 0.3) is 5.69 Å². The molecule has 0 amide bonds. The molecule has 0 radical (unpaired) electrons. The van der Waals surface area contributed by atoms with Crippen molar-refractivity contribution in [3.63, 3.8) is 0 Å². The van der Waals surface area contributed by atoms with Crippen molar-refractivity contribution in [2.75, 3.05) is 5.32 Å². The van der Waals surface area contributed by atoms with Crippen LogP contribution >= 0.6 is 27.5 Å². The fraction of sp³-hybridized carbons (Fsp3) is 0.0909. The number of benzene rings is 1. The Balaban J connectivity index is 2.10. The van der Waals surface area contributed by atoms with Gasteiger partial charge in [-0.15, -0.1) is 0 Å². The number of anilines is 1. The summed E-state index contributed by atoms with van der Waals surface area (Å²) in [5, 5.41) is 14.1. The zero-order valence-corrected chi connectivity index (χ0v) is 11.4. The third-order valence-electron chi connectivity index (χ3n) is 2.24. The van der Waals surface area contributed by atoms with E-state index in [-0.39, 0.29) is 5.69 Å². The topological polar surface area (TPSA) is 68.3 Å². The summed E-state index contributed by atoms with van der Waals surface area (Å²) < 4.78 is 5.61. The molecule has 0 saturated carbocycles. The molecule has 0 aliphatic rings. The molecule has 1 heterocycles. The lowest BCUT2D eigenvalue weighted by atomic mass is 10.3. The molecule has 2 aromatic rings. The van der Waals surface area contributed by atoms with Gasteiger partial charge < -0.3 is 9.73 Å². The Kier molecular flexibility index (Phi) is 3.88. The summed E-state index contributed by atoms with van der Waals surface area (Å²) in [6.07, 6.45) is 0. The van der Waals surface area contributed by atoms with Crippen molar-refractivity contribution in [1.82, 2.24) is 0 Å². The first kappa shape index (κ1) is 12.9. The number of rotatable bonds is 4. The highest BCUT2D eigenvalue weighted by Crippen LogP contribution is 2.28. The van der Waals surface area contributed by atoms with Gasteiger partial charge in [0.05, 0.1) is 15.9 Å². The van der Waals surface area contributed by atoms with Gasteiger partial charge in [-0.05, 0) is 51.8 Å². The number of furan rings is 1. The second kappa shape index (κ2) is 5.41. The first-order chi connectivity index (χ1) is 8.56. The van der Waals surface area contributed by atoms with Crippen LogP contribution < -0.4 is 5.32 Å². The summed E-state index contributed by atoms with van der Waals surface area (Å²) in [5.74, 6) is 0.658. The number of hydrogen-bond donors (Lipinski definition) is 1. The average Bonchev–Trinajstić information content (AvgIpc) is 2.74. The third kappa shape index (κ3) is 3.02. The maximum absolute atomic E-state index is 10.8. The van der Waals surface area contributed by atoms with Crippen LogP contribution in [-0.4, -0.2) is 4.92 Å². The monoisotopic (exact) mass is 330 g/mol. The molecule has 0 saturated heterocycles. The molecule has 18 heavy (non-hydrogen) atoms. The van der Waals surface area contributed by atoms with Crippen LogP contribution in [0.3, 0.4) is 0 Å². The molecular weight excluding hydrogens is 323 g/mol. The van der Waals surface area contributed by atoms with Crippen molar-refractivity contribution in [3.05, 3.63) is 55.9 Å².